The summed E-state index contributed by atoms with van der Waals surface area (Å²) in [5.74, 6) is 0.0480. The highest BCUT2D eigenvalue weighted by atomic mass is 16.1. The largest absolute Gasteiger partial charge is 0.369 e. The molecule has 0 fully saturated rings. The van der Waals surface area contributed by atoms with E-state index in [2.05, 4.69) is 25.3 Å². The monoisotopic (exact) mass is 414 g/mol. The summed E-state index contributed by atoms with van der Waals surface area (Å²) in [4.78, 5) is 39.9. The number of benzene rings is 1. The van der Waals surface area contributed by atoms with Crippen LogP contribution < -0.4 is 16.6 Å². The lowest BCUT2D eigenvalue weighted by Gasteiger charge is -2.25. The van der Waals surface area contributed by atoms with Gasteiger partial charge in [0.15, 0.2) is 0 Å². The number of aromatic amines is 1. The Morgan fingerprint density at radius 3 is 2.52 bits per heavy atom. The summed E-state index contributed by atoms with van der Waals surface area (Å²) in [5, 5.41) is 4.42. The molecule has 0 aliphatic carbocycles. The number of nitrogens with zero attached hydrogens (tertiary/aromatic N) is 3. The number of aromatic nitrogens is 4. The first-order chi connectivity index (χ1) is 14.9. The van der Waals surface area contributed by atoms with Crippen molar-refractivity contribution in [3.8, 4) is 11.3 Å². The predicted molar refractivity (Wildman–Crippen MR) is 120 cm³/mol. The van der Waals surface area contributed by atoms with E-state index < -0.39 is 5.41 Å². The van der Waals surface area contributed by atoms with Gasteiger partial charge in [-0.25, -0.2) is 15.0 Å². The molecule has 4 rings (SSSR count). The predicted octanol–water partition coefficient (Wildman–Crippen LogP) is 3.28. The molecule has 1 aromatic carbocycles. The number of nitrogens with one attached hydrogen (secondary N) is 2. The van der Waals surface area contributed by atoms with Crippen LogP contribution in [0.25, 0.3) is 22.0 Å². The van der Waals surface area contributed by atoms with Crippen molar-refractivity contribution in [3.05, 3.63) is 77.2 Å². The number of carbonyl (C=O) groups excluding carboxylic acids is 1. The summed E-state index contributed by atoms with van der Waals surface area (Å²) < 4.78 is 0. The standard InChI is InChI=1S/C23H22N6O2/c1-3-23(2,22(24)31)16-4-6-17(7-5-16)28-20-19-14(8-9-27-21(19)30)10-18(29-20)15-11-25-13-26-12-15/h4-13H,3H2,1-2H3,(H2,24,31)(H,27,30)(H,28,29). The highest BCUT2D eigenvalue weighted by Gasteiger charge is 2.30. The molecule has 4 N–H and O–H groups in total. The normalized spacial score (nSPS) is 13.0. The molecular weight excluding hydrogens is 392 g/mol. The van der Waals surface area contributed by atoms with E-state index in [0.29, 0.717) is 23.3 Å². The molecule has 0 radical (unpaired) electrons. The molecule has 8 nitrogen and oxygen atoms in total. The molecule has 4 aromatic rings. The van der Waals surface area contributed by atoms with Gasteiger partial charge in [0.25, 0.3) is 5.56 Å². The molecule has 1 atom stereocenters. The summed E-state index contributed by atoms with van der Waals surface area (Å²) in [6, 6.07) is 11.1. The zero-order valence-electron chi connectivity index (χ0n) is 17.2. The van der Waals surface area contributed by atoms with Gasteiger partial charge in [-0.15, -0.1) is 0 Å². The number of rotatable bonds is 6. The van der Waals surface area contributed by atoms with E-state index in [4.69, 9.17) is 5.73 Å². The van der Waals surface area contributed by atoms with Crippen LogP contribution in [-0.2, 0) is 10.2 Å². The Morgan fingerprint density at radius 2 is 1.87 bits per heavy atom. The van der Waals surface area contributed by atoms with Crippen molar-refractivity contribution < 1.29 is 4.79 Å². The lowest BCUT2D eigenvalue weighted by molar-refractivity contribution is -0.123. The van der Waals surface area contributed by atoms with Gasteiger partial charge in [-0.3, -0.25) is 9.59 Å². The Morgan fingerprint density at radius 1 is 1.16 bits per heavy atom. The molecule has 0 spiro atoms. The number of nitrogens with two attached hydrogens (primary N) is 1. The number of H-pyrrole nitrogens is 1. The van der Waals surface area contributed by atoms with E-state index >= 15 is 0 Å². The Bertz CT molecular complexity index is 1300. The first-order valence-electron chi connectivity index (χ1n) is 9.87. The van der Waals surface area contributed by atoms with E-state index in [1.165, 1.54) is 6.33 Å². The average Bonchev–Trinajstić information content (AvgIpc) is 2.79. The van der Waals surface area contributed by atoms with Gasteiger partial charge in [0.1, 0.15) is 12.1 Å². The van der Waals surface area contributed by atoms with Crippen molar-refractivity contribution in [2.24, 2.45) is 5.73 Å². The van der Waals surface area contributed by atoms with Crippen molar-refractivity contribution in [2.45, 2.75) is 25.7 Å². The minimum Gasteiger partial charge on any atom is -0.369 e. The molecular formula is C23H22N6O2. The lowest BCUT2D eigenvalue weighted by atomic mass is 9.79. The molecule has 0 aliphatic heterocycles. The third-order valence-electron chi connectivity index (χ3n) is 5.65. The van der Waals surface area contributed by atoms with Crippen LogP contribution in [0.2, 0.25) is 0 Å². The molecule has 0 aliphatic rings. The summed E-state index contributed by atoms with van der Waals surface area (Å²) in [6.45, 7) is 3.76. The smallest absolute Gasteiger partial charge is 0.259 e. The van der Waals surface area contributed by atoms with Crippen LogP contribution >= 0.6 is 0 Å². The molecule has 0 saturated carbocycles. The van der Waals surface area contributed by atoms with Gasteiger partial charge < -0.3 is 16.0 Å². The van der Waals surface area contributed by atoms with Crippen molar-refractivity contribution in [3.63, 3.8) is 0 Å². The zero-order valence-corrected chi connectivity index (χ0v) is 17.2. The molecule has 31 heavy (non-hydrogen) atoms. The summed E-state index contributed by atoms with van der Waals surface area (Å²) in [7, 11) is 0. The number of amides is 1. The molecule has 3 aromatic heterocycles. The minimum absolute atomic E-state index is 0.243. The van der Waals surface area contributed by atoms with Gasteiger partial charge in [0.2, 0.25) is 5.91 Å². The van der Waals surface area contributed by atoms with Crippen LogP contribution in [0.3, 0.4) is 0 Å². The van der Waals surface area contributed by atoms with Gasteiger partial charge in [-0.2, -0.15) is 0 Å². The van der Waals surface area contributed by atoms with Crippen molar-refractivity contribution in [1.82, 2.24) is 19.9 Å². The van der Waals surface area contributed by atoms with Crippen LogP contribution in [0, 0.1) is 0 Å². The summed E-state index contributed by atoms with van der Waals surface area (Å²) in [6.07, 6.45) is 6.98. The van der Waals surface area contributed by atoms with E-state index in [-0.39, 0.29) is 11.5 Å². The summed E-state index contributed by atoms with van der Waals surface area (Å²) >= 11 is 0. The number of pyridine rings is 2. The number of hydrogen-bond donors (Lipinski definition) is 3. The second-order valence-electron chi connectivity index (χ2n) is 7.51. The van der Waals surface area contributed by atoms with Crippen LogP contribution in [0.5, 0.6) is 0 Å². The maximum atomic E-state index is 12.5. The van der Waals surface area contributed by atoms with Gasteiger partial charge in [-0.05, 0) is 48.6 Å². The van der Waals surface area contributed by atoms with Crippen LogP contribution in [0.1, 0.15) is 25.8 Å². The maximum absolute atomic E-state index is 12.5. The zero-order chi connectivity index (χ0) is 22.0. The Hall–Kier alpha value is -4.07. The van der Waals surface area contributed by atoms with Crippen molar-refractivity contribution in [2.75, 3.05) is 5.32 Å². The molecule has 156 valence electrons. The molecule has 1 amide bonds. The Labute approximate surface area is 178 Å². The number of carbonyl (C=O) groups is 1. The van der Waals surface area contributed by atoms with Crippen LogP contribution in [0.4, 0.5) is 11.5 Å². The summed E-state index contributed by atoms with van der Waals surface area (Å²) in [5.41, 5.74) is 7.57. The van der Waals surface area contributed by atoms with Gasteiger partial charge in [0, 0.05) is 29.8 Å². The van der Waals surface area contributed by atoms with Gasteiger partial charge in [-0.1, -0.05) is 19.1 Å². The quantitative estimate of drug-likeness (QED) is 0.444. The number of hydrogen-bond acceptors (Lipinski definition) is 6. The van der Waals surface area contributed by atoms with E-state index in [0.717, 1.165) is 22.2 Å². The van der Waals surface area contributed by atoms with Gasteiger partial charge >= 0.3 is 0 Å². The third-order valence-corrected chi connectivity index (χ3v) is 5.65. The maximum Gasteiger partial charge on any atom is 0.259 e. The topological polar surface area (TPSA) is 127 Å². The van der Waals surface area contributed by atoms with E-state index in [1.54, 1.807) is 18.6 Å². The lowest BCUT2D eigenvalue weighted by Crippen LogP contribution is -2.37. The highest BCUT2D eigenvalue weighted by molar-refractivity contribution is 5.95. The first kappa shape index (κ1) is 20.2. The number of anilines is 2. The molecule has 1 unspecified atom stereocenters. The second kappa shape index (κ2) is 7.98. The molecule has 0 saturated heterocycles. The third kappa shape index (κ3) is 3.75. The number of primary amides is 1. The first-order valence-corrected chi connectivity index (χ1v) is 9.87. The Balaban J connectivity index is 1.78. The highest BCUT2D eigenvalue weighted by Crippen LogP contribution is 2.30. The number of fused-ring (bicyclic) bond motifs is 1. The molecule has 8 heteroatoms. The van der Waals surface area contributed by atoms with E-state index in [9.17, 15) is 9.59 Å². The fourth-order valence-corrected chi connectivity index (χ4v) is 3.46. The molecule has 3 heterocycles. The SMILES string of the molecule is CCC(C)(C(N)=O)c1ccc(Nc2nc(-c3cncnc3)cc3cc[nH]c(=O)c23)cc1. The fourth-order valence-electron chi connectivity index (χ4n) is 3.46. The minimum atomic E-state index is -0.742. The second-order valence-corrected chi connectivity index (χ2v) is 7.51. The van der Waals surface area contributed by atoms with Crippen LogP contribution in [-0.4, -0.2) is 25.8 Å². The fraction of sp³-hybridized carbons (Fsp3) is 0.174. The van der Waals surface area contributed by atoms with Crippen molar-refractivity contribution in [1.29, 1.82) is 0 Å². The average molecular weight is 414 g/mol. The Kier molecular flexibility index (Phi) is 5.21. The van der Waals surface area contributed by atoms with Crippen LogP contribution in [0.15, 0.2) is 66.1 Å². The van der Waals surface area contributed by atoms with Gasteiger partial charge in [0.05, 0.1) is 16.5 Å². The van der Waals surface area contributed by atoms with Crippen molar-refractivity contribution >= 4 is 28.2 Å². The molecule has 0 bridgehead atoms. The van der Waals surface area contributed by atoms with E-state index in [1.807, 2.05) is 50.2 Å².